The molecule has 0 radical (unpaired) electrons. The summed E-state index contributed by atoms with van der Waals surface area (Å²) in [5.41, 5.74) is 8.75. The predicted molar refractivity (Wildman–Crippen MR) is 82.4 cm³/mol. The van der Waals surface area contributed by atoms with Crippen molar-refractivity contribution in [1.82, 2.24) is 19.5 Å². The van der Waals surface area contributed by atoms with E-state index in [2.05, 4.69) is 37.0 Å². The van der Waals surface area contributed by atoms with Crippen molar-refractivity contribution in [1.29, 1.82) is 5.26 Å². The van der Waals surface area contributed by atoms with E-state index in [1.165, 1.54) is 0 Å². The van der Waals surface area contributed by atoms with E-state index >= 15 is 0 Å². The molecule has 0 atom stereocenters. The number of hydrogen-bond donors (Lipinski definition) is 1. The molecule has 3 rings (SSSR count). The van der Waals surface area contributed by atoms with Crippen LogP contribution in [0.2, 0.25) is 0 Å². The van der Waals surface area contributed by atoms with E-state index in [4.69, 9.17) is 11.0 Å². The average Bonchev–Trinajstić information content (AvgIpc) is 2.77. The summed E-state index contributed by atoms with van der Waals surface area (Å²) in [6.07, 6.45) is 0. The number of nitrogens with two attached hydrogens (primary N) is 1. The molecule has 0 aliphatic rings. The molecule has 21 heavy (non-hydrogen) atoms. The second kappa shape index (κ2) is 5.14. The number of benzene rings is 1. The van der Waals surface area contributed by atoms with Crippen molar-refractivity contribution in [2.75, 3.05) is 5.73 Å². The van der Waals surface area contributed by atoms with Crippen LogP contribution < -0.4 is 5.73 Å². The zero-order valence-electron chi connectivity index (χ0n) is 11.2. The third-order valence-corrected chi connectivity index (χ3v) is 3.69. The van der Waals surface area contributed by atoms with E-state index in [9.17, 15) is 0 Å². The van der Waals surface area contributed by atoms with Gasteiger partial charge in [0.2, 0.25) is 0 Å². The number of halogens is 1. The van der Waals surface area contributed by atoms with Crippen LogP contribution in [0, 0.1) is 18.3 Å². The summed E-state index contributed by atoms with van der Waals surface area (Å²) in [4.78, 5) is 12.9. The highest BCUT2D eigenvalue weighted by Crippen LogP contribution is 2.23. The molecule has 0 bridgehead atoms. The molecule has 1 aromatic carbocycles. The SMILES string of the molecule is Cc1nc(N)c2nc(Br)n(Cc3cccc(C#N)c3)c2n1. The summed E-state index contributed by atoms with van der Waals surface area (Å²) in [5, 5.41) is 8.97. The summed E-state index contributed by atoms with van der Waals surface area (Å²) in [7, 11) is 0. The molecule has 3 aromatic rings. The summed E-state index contributed by atoms with van der Waals surface area (Å²) < 4.78 is 2.53. The predicted octanol–water partition coefficient (Wildman–Crippen LogP) is 2.40. The molecule has 2 heterocycles. The minimum atomic E-state index is 0.364. The van der Waals surface area contributed by atoms with Crippen LogP contribution in [0.25, 0.3) is 11.2 Å². The molecule has 0 saturated carbocycles. The number of nitrogen functional groups attached to an aromatic ring is 1. The largest absolute Gasteiger partial charge is 0.382 e. The van der Waals surface area contributed by atoms with Crippen LogP contribution in [0.15, 0.2) is 29.0 Å². The quantitative estimate of drug-likeness (QED) is 0.721. The molecule has 2 N–H and O–H groups in total. The first kappa shape index (κ1) is 13.5. The number of aryl methyl sites for hydroxylation is 1. The highest BCUT2D eigenvalue weighted by molar-refractivity contribution is 9.10. The van der Waals surface area contributed by atoms with Gasteiger partial charge in [-0.25, -0.2) is 15.0 Å². The minimum Gasteiger partial charge on any atom is -0.382 e. The van der Waals surface area contributed by atoms with Gasteiger partial charge in [-0.2, -0.15) is 5.26 Å². The van der Waals surface area contributed by atoms with Crippen LogP contribution in [-0.4, -0.2) is 19.5 Å². The van der Waals surface area contributed by atoms with E-state index in [-0.39, 0.29) is 0 Å². The Morgan fingerprint density at radius 1 is 1.33 bits per heavy atom. The molecule has 0 spiro atoms. The van der Waals surface area contributed by atoms with Crippen LogP contribution >= 0.6 is 15.9 Å². The van der Waals surface area contributed by atoms with Gasteiger partial charge in [0.1, 0.15) is 5.82 Å². The first-order valence-corrected chi connectivity index (χ1v) is 7.02. The molecule has 2 aromatic heterocycles. The molecule has 0 fully saturated rings. The molecule has 0 aliphatic carbocycles. The first-order chi connectivity index (χ1) is 10.1. The van der Waals surface area contributed by atoms with Gasteiger partial charge in [-0.05, 0) is 40.5 Å². The highest BCUT2D eigenvalue weighted by Gasteiger charge is 2.14. The van der Waals surface area contributed by atoms with Crippen LogP contribution in [0.4, 0.5) is 5.82 Å². The Morgan fingerprint density at radius 2 is 2.14 bits per heavy atom. The second-order valence-corrected chi connectivity index (χ2v) is 5.32. The third kappa shape index (κ3) is 2.45. The molecule has 0 unspecified atom stereocenters. The number of aromatic nitrogens is 4. The Hall–Kier alpha value is -2.46. The molecule has 0 aliphatic heterocycles. The van der Waals surface area contributed by atoms with Crippen molar-refractivity contribution < 1.29 is 0 Å². The lowest BCUT2D eigenvalue weighted by molar-refractivity contribution is 0.788. The zero-order valence-corrected chi connectivity index (χ0v) is 12.8. The number of nitriles is 1. The van der Waals surface area contributed by atoms with Crippen LogP contribution in [-0.2, 0) is 6.54 Å². The Bertz CT molecular complexity index is 877. The van der Waals surface area contributed by atoms with Gasteiger partial charge in [0.05, 0.1) is 18.2 Å². The lowest BCUT2D eigenvalue weighted by atomic mass is 10.1. The van der Waals surface area contributed by atoms with Gasteiger partial charge in [-0.1, -0.05) is 12.1 Å². The van der Waals surface area contributed by atoms with Gasteiger partial charge in [0.15, 0.2) is 21.7 Å². The monoisotopic (exact) mass is 342 g/mol. The van der Waals surface area contributed by atoms with Gasteiger partial charge in [-0.3, -0.25) is 4.57 Å². The molecular weight excluding hydrogens is 332 g/mol. The number of rotatable bonds is 2. The zero-order chi connectivity index (χ0) is 15.0. The van der Waals surface area contributed by atoms with Crippen LogP contribution in [0.5, 0.6) is 0 Å². The summed E-state index contributed by atoms with van der Waals surface area (Å²) in [6.45, 7) is 2.33. The fourth-order valence-electron chi connectivity index (χ4n) is 2.17. The van der Waals surface area contributed by atoms with Crippen LogP contribution in [0.3, 0.4) is 0 Å². The topological polar surface area (TPSA) is 93.4 Å². The third-order valence-electron chi connectivity index (χ3n) is 3.08. The summed E-state index contributed by atoms with van der Waals surface area (Å²) in [6, 6.07) is 9.56. The van der Waals surface area contributed by atoms with Gasteiger partial charge in [0, 0.05) is 0 Å². The molecule has 0 saturated heterocycles. The maximum atomic E-state index is 8.97. The maximum absolute atomic E-state index is 8.97. The fraction of sp³-hybridized carbons (Fsp3) is 0.143. The van der Waals surface area contributed by atoms with Crippen molar-refractivity contribution in [2.45, 2.75) is 13.5 Å². The van der Waals surface area contributed by atoms with Gasteiger partial charge < -0.3 is 5.73 Å². The number of imidazole rings is 1. The van der Waals surface area contributed by atoms with Crippen molar-refractivity contribution in [3.05, 3.63) is 46.0 Å². The fourth-order valence-corrected chi connectivity index (χ4v) is 2.64. The Balaban J connectivity index is 2.12. The van der Waals surface area contributed by atoms with E-state index < -0.39 is 0 Å². The van der Waals surface area contributed by atoms with Gasteiger partial charge in [0.25, 0.3) is 0 Å². The maximum Gasteiger partial charge on any atom is 0.179 e. The average molecular weight is 343 g/mol. The molecule has 104 valence electrons. The number of anilines is 1. The summed E-state index contributed by atoms with van der Waals surface area (Å²) >= 11 is 3.42. The standard InChI is InChI=1S/C14H11BrN6/c1-8-18-12(17)11-13(19-8)21(14(15)20-11)7-10-4-2-3-9(5-10)6-16/h2-5H,7H2,1H3,(H2,17,18,19). The Morgan fingerprint density at radius 3 is 2.90 bits per heavy atom. The molecular formula is C14H11BrN6. The molecule has 7 heteroatoms. The first-order valence-electron chi connectivity index (χ1n) is 6.23. The van der Waals surface area contributed by atoms with Crippen molar-refractivity contribution in [2.24, 2.45) is 0 Å². The number of fused-ring (bicyclic) bond motifs is 1. The number of nitrogens with zero attached hydrogens (tertiary/aromatic N) is 5. The highest BCUT2D eigenvalue weighted by atomic mass is 79.9. The van der Waals surface area contributed by atoms with Gasteiger partial charge in [-0.15, -0.1) is 0 Å². The van der Waals surface area contributed by atoms with E-state index in [0.29, 0.717) is 39.6 Å². The second-order valence-electron chi connectivity index (χ2n) is 4.61. The Labute approximate surface area is 129 Å². The van der Waals surface area contributed by atoms with E-state index in [1.807, 2.05) is 22.8 Å². The van der Waals surface area contributed by atoms with Gasteiger partial charge >= 0.3 is 0 Å². The van der Waals surface area contributed by atoms with E-state index in [0.717, 1.165) is 5.56 Å². The number of hydrogen-bond acceptors (Lipinski definition) is 5. The van der Waals surface area contributed by atoms with Crippen molar-refractivity contribution in [3.63, 3.8) is 0 Å². The van der Waals surface area contributed by atoms with E-state index in [1.54, 1.807) is 13.0 Å². The smallest absolute Gasteiger partial charge is 0.179 e. The normalized spacial score (nSPS) is 10.7. The van der Waals surface area contributed by atoms with Crippen molar-refractivity contribution >= 4 is 32.9 Å². The Kier molecular flexibility index (Phi) is 3.31. The minimum absolute atomic E-state index is 0.364. The molecule has 0 amide bonds. The lowest BCUT2D eigenvalue weighted by Crippen LogP contribution is -2.03. The summed E-state index contributed by atoms with van der Waals surface area (Å²) in [5.74, 6) is 0.960. The molecule has 6 nitrogen and oxygen atoms in total. The van der Waals surface area contributed by atoms with Crippen LogP contribution in [0.1, 0.15) is 17.0 Å². The van der Waals surface area contributed by atoms with Crippen molar-refractivity contribution in [3.8, 4) is 6.07 Å². The lowest BCUT2D eigenvalue weighted by Gasteiger charge is -2.06.